The Morgan fingerprint density at radius 3 is 2.29 bits per heavy atom. The van der Waals surface area contributed by atoms with Crippen molar-refractivity contribution in [1.29, 1.82) is 0 Å². The highest BCUT2D eigenvalue weighted by molar-refractivity contribution is 6.32. The maximum Gasteiger partial charge on any atom is 0.226 e. The number of amides is 1. The number of carbonyl (C=O) groups excluding carboxylic acids is 1. The van der Waals surface area contributed by atoms with Crippen LogP contribution in [0.25, 0.3) is 0 Å². The lowest BCUT2D eigenvalue weighted by Gasteiger charge is -2.17. The van der Waals surface area contributed by atoms with Gasteiger partial charge in [-0.3, -0.25) is 4.79 Å². The first-order chi connectivity index (χ1) is 13.3. The smallest absolute Gasteiger partial charge is 0.226 e. The third-order valence-electron chi connectivity index (χ3n) is 3.90. The second-order valence-electron chi connectivity index (χ2n) is 7.08. The predicted octanol–water partition coefficient (Wildman–Crippen LogP) is 5.73. The summed E-state index contributed by atoms with van der Waals surface area (Å²) in [6.45, 7) is 10.7. The van der Waals surface area contributed by atoms with Crippen molar-refractivity contribution >= 4 is 28.9 Å². The van der Waals surface area contributed by atoms with E-state index in [4.69, 9.17) is 21.1 Å². The van der Waals surface area contributed by atoms with E-state index >= 15 is 0 Å². The third kappa shape index (κ3) is 6.34. The van der Waals surface area contributed by atoms with Crippen molar-refractivity contribution in [3.63, 3.8) is 0 Å². The molecule has 0 aromatic heterocycles. The van der Waals surface area contributed by atoms with Gasteiger partial charge in [0.15, 0.2) is 11.5 Å². The summed E-state index contributed by atoms with van der Waals surface area (Å²) in [6, 6.07) is 11.4. The molecule has 0 fully saturated rings. The van der Waals surface area contributed by atoms with Crippen LogP contribution in [0.1, 0.15) is 40.2 Å². The molecule has 0 heterocycles. The maximum atomic E-state index is 11.8. The van der Waals surface area contributed by atoms with Gasteiger partial charge in [-0.25, -0.2) is 0 Å². The molecule has 152 valence electrons. The Hall–Kier alpha value is -2.40. The quantitative estimate of drug-likeness (QED) is 0.560. The van der Waals surface area contributed by atoms with Crippen molar-refractivity contribution in [1.82, 2.24) is 0 Å². The molecule has 0 saturated heterocycles. The van der Waals surface area contributed by atoms with Crippen molar-refractivity contribution in [3.8, 4) is 11.5 Å². The molecular formula is C22H29ClN2O3. The minimum Gasteiger partial charge on any atom is -0.490 e. The number of carbonyl (C=O) groups is 1. The largest absolute Gasteiger partial charge is 0.490 e. The van der Waals surface area contributed by atoms with Gasteiger partial charge in [-0.05, 0) is 62.7 Å². The maximum absolute atomic E-state index is 11.8. The van der Waals surface area contributed by atoms with Crippen molar-refractivity contribution in [2.45, 2.75) is 47.3 Å². The van der Waals surface area contributed by atoms with Gasteiger partial charge in [0.25, 0.3) is 0 Å². The number of hydrogen-bond donors (Lipinski definition) is 2. The topological polar surface area (TPSA) is 59.6 Å². The van der Waals surface area contributed by atoms with Gasteiger partial charge in [-0.2, -0.15) is 0 Å². The monoisotopic (exact) mass is 404 g/mol. The Labute approximate surface area is 172 Å². The number of ether oxygens (including phenoxy) is 2. The fraction of sp³-hybridized carbons (Fsp3) is 0.409. The Bertz CT molecular complexity index is 789. The van der Waals surface area contributed by atoms with E-state index < -0.39 is 0 Å². The zero-order valence-corrected chi connectivity index (χ0v) is 17.9. The second-order valence-corrected chi connectivity index (χ2v) is 7.49. The fourth-order valence-electron chi connectivity index (χ4n) is 2.50. The van der Waals surface area contributed by atoms with E-state index in [1.807, 2.05) is 71.0 Å². The zero-order valence-electron chi connectivity index (χ0n) is 17.1. The van der Waals surface area contributed by atoms with Gasteiger partial charge in [0, 0.05) is 23.8 Å². The molecule has 0 spiro atoms. The van der Waals surface area contributed by atoms with E-state index in [1.165, 1.54) is 0 Å². The van der Waals surface area contributed by atoms with Crippen molar-refractivity contribution in [2.24, 2.45) is 5.92 Å². The lowest BCUT2D eigenvalue weighted by Crippen LogP contribution is -2.17. The molecule has 0 aliphatic rings. The van der Waals surface area contributed by atoms with Gasteiger partial charge < -0.3 is 20.1 Å². The molecule has 2 N–H and O–H groups in total. The number of halogens is 1. The molecule has 0 aliphatic carbocycles. The molecule has 0 unspecified atom stereocenters. The average molecular weight is 405 g/mol. The Morgan fingerprint density at radius 1 is 1.07 bits per heavy atom. The van der Waals surface area contributed by atoms with Crippen LogP contribution in [0, 0.1) is 5.92 Å². The first-order valence-corrected chi connectivity index (χ1v) is 9.94. The summed E-state index contributed by atoms with van der Waals surface area (Å²) < 4.78 is 11.5. The molecule has 0 atom stereocenters. The van der Waals surface area contributed by atoms with Crippen LogP contribution in [0.15, 0.2) is 36.4 Å². The van der Waals surface area contributed by atoms with Gasteiger partial charge in [-0.1, -0.05) is 25.4 Å². The normalized spacial score (nSPS) is 10.9. The molecule has 2 aromatic rings. The molecule has 0 radical (unpaired) electrons. The van der Waals surface area contributed by atoms with E-state index in [2.05, 4.69) is 10.6 Å². The van der Waals surface area contributed by atoms with E-state index in [0.29, 0.717) is 29.7 Å². The van der Waals surface area contributed by atoms with Crippen LogP contribution in [0.3, 0.4) is 0 Å². The van der Waals surface area contributed by atoms with E-state index in [1.54, 1.807) is 0 Å². The molecule has 0 bridgehead atoms. The van der Waals surface area contributed by atoms with E-state index in [9.17, 15) is 4.79 Å². The summed E-state index contributed by atoms with van der Waals surface area (Å²) in [6.07, 6.45) is 0.00961. The highest BCUT2D eigenvalue weighted by atomic mass is 35.5. The van der Waals surface area contributed by atoms with Crippen LogP contribution >= 0.6 is 11.6 Å². The standard InChI is InChI=1S/C22H29ClN2O3/c1-6-27-20-12-16(11-19(23)21(20)28-15(4)5)13-24-17-7-9-18(10-8-17)25-22(26)14(2)3/h7-12,14-15,24H,6,13H2,1-5H3,(H,25,26). The van der Waals surface area contributed by atoms with Gasteiger partial charge >= 0.3 is 0 Å². The summed E-state index contributed by atoms with van der Waals surface area (Å²) in [5.41, 5.74) is 2.71. The Kier molecular flexibility index (Phi) is 8.00. The number of nitrogens with one attached hydrogen (secondary N) is 2. The molecule has 5 nitrogen and oxygen atoms in total. The number of rotatable bonds is 9. The Morgan fingerprint density at radius 2 is 1.71 bits per heavy atom. The molecule has 28 heavy (non-hydrogen) atoms. The van der Waals surface area contributed by atoms with Gasteiger partial charge in [-0.15, -0.1) is 0 Å². The fourth-order valence-corrected chi connectivity index (χ4v) is 2.78. The number of anilines is 2. The molecule has 0 saturated carbocycles. The summed E-state index contributed by atoms with van der Waals surface area (Å²) >= 11 is 6.42. The highest BCUT2D eigenvalue weighted by Gasteiger charge is 2.14. The SMILES string of the molecule is CCOc1cc(CNc2ccc(NC(=O)C(C)C)cc2)cc(Cl)c1OC(C)C. The van der Waals surface area contributed by atoms with Gasteiger partial charge in [0.05, 0.1) is 17.7 Å². The first-order valence-electron chi connectivity index (χ1n) is 9.56. The lowest BCUT2D eigenvalue weighted by molar-refractivity contribution is -0.118. The average Bonchev–Trinajstić information content (AvgIpc) is 2.64. The van der Waals surface area contributed by atoms with Crippen molar-refractivity contribution < 1.29 is 14.3 Å². The molecule has 0 aliphatic heterocycles. The highest BCUT2D eigenvalue weighted by Crippen LogP contribution is 2.37. The van der Waals surface area contributed by atoms with Crippen molar-refractivity contribution in [2.75, 3.05) is 17.2 Å². The summed E-state index contributed by atoms with van der Waals surface area (Å²) in [7, 11) is 0. The zero-order chi connectivity index (χ0) is 20.7. The molecule has 1 amide bonds. The van der Waals surface area contributed by atoms with Crippen LogP contribution in [0.4, 0.5) is 11.4 Å². The minimum absolute atomic E-state index is 0.00232. The van der Waals surface area contributed by atoms with Crippen LogP contribution in [-0.4, -0.2) is 18.6 Å². The minimum atomic E-state index is -0.0512. The summed E-state index contributed by atoms with van der Waals surface area (Å²) in [5, 5.41) is 6.76. The number of hydrogen-bond acceptors (Lipinski definition) is 4. The molecule has 2 rings (SSSR count). The second kappa shape index (κ2) is 10.2. The molecule has 2 aromatic carbocycles. The van der Waals surface area contributed by atoms with Crippen molar-refractivity contribution in [3.05, 3.63) is 47.0 Å². The number of benzene rings is 2. The third-order valence-corrected chi connectivity index (χ3v) is 4.18. The summed E-state index contributed by atoms with van der Waals surface area (Å²) in [5.74, 6) is 1.17. The van der Waals surface area contributed by atoms with Gasteiger partial charge in [0.1, 0.15) is 0 Å². The van der Waals surface area contributed by atoms with Crippen LogP contribution < -0.4 is 20.1 Å². The molecular weight excluding hydrogens is 376 g/mol. The molecule has 6 heteroatoms. The van der Waals surface area contributed by atoms with E-state index in [0.717, 1.165) is 16.9 Å². The Balaban J connectivity index is 2.06. The predicted molar refractivity (Wildman–Crippen MR) is 116 cm³/mol. The van der Waals surface area contributed by atoms with Gasteiger partial charge in [0.2, 0.25) is 5.91 Å². The summed E-state index contributed by atoms with van der Waals surface area (Å²) in [4.78, 5) is 11.8. The van der Waals surface area contributed by atoms with Crippen LogP contribution in [0.2, 0.25) is 5.02 Å². The lowest BCUT2D eigenvalue weighted by atomic mass is 10.1. The van der Waals surface area contributed by atoms with Crippen LogP contribution in [-0.2, 0) is 11.3 Å². The first kappa shape index (κ1) is 21.9. The van der Waals surface area contributed by atoms with E-state index in [-0.39, 0.29) is 17.9 Å². The van der Waals surface area contributed by atoms with Crippen LogP contribution in [0.5, 0.6) is 11.5 Å².